The summed E-state index contributed by atoms with van der Waals surface area (Å²) < 4.78 is 36.1. The lowest BCUT2D eigenvalue weighted by atomic mass is 10.0. The summed E-state index contributed by atoms with van der Waals surface area (Å²) in [5.74, 6) is 0.430. The lowest BCUT2D eigenvalue weighted by Gasteiger charge is -2.33. The Morgan fingerprint density at radius 2 is 1.95 bits per heavy atom. The Kier molecular flexibility index (Phi) is 7.12. The van der Waals surface area contributed by atoms with Crippen LogP contribution in [0.2, 0.25) is 0 Å². The Hall–Kier alpha value is -0.980. The second kappa shape index (κ2) is 8.34. The molecule has 1 atom stereocenters. The molecule has 0 saturated carbocycles. The van der Waals surface area contributed by atoms with Crippen molar-refractivity contribution < 1.29 is 13.2 Å². The Morgan fingerprint density at radius 1 is 1.25 bits per heavy atom. The molecule has 20 heavy (non-hydrogen) atoms. The summed E-state index contributed by atoms with van der Waals surface area (Å²) in [4.78, 5) is 6.32. The van der Waals surface area contributed by atoms with Crippen LogP contribution in [0.25, 0.3) is 0 Å². The van der Waals surface area contributed by atoms with Gasteiger partial charge in [-0.2, -0.15) is 13.2 Å². The monoisotopic (exact) mass is 294 g/mol. The van der Waals surface area contributed by atoms with Gasteiger partial charge in [0, 0.05) is 32.7 Å². The summed E-state index contributed by atoms with van der Waals surface area (Å²) in [6, 6.07) is 0.589. The largest absolute Gasteiger partial charge is 0.390 e. The first-order valence-corrected chi connectivity index (χ1v) is 7.17. The molecule has 7 heteroatoms. The minimum Gasteiger partial charge on any atom is -0.356 e. The number of aliphatic imine (C=N–C) groups is 1. The zero-order valence-corrected chi connectivity index (χ0v) is 12.3. The Balaban J connectivity index is 2.18. The van der Waals surface area contributed by atoms with Gasteiger partial charge in [0.05, 0.1) is 6.42 Å². The van der Waals surface area contributed by atoms with Crippen LogP contribution in [0.3, 0.4) is 0 Å². The minimum absolute atomic E-state index is 0.150. The molecule has 1 rings (SSSR count). The van der Waals surface area contributed by atoms with Crippen molar-refractivity contribution in [3.05, 3.63) is 0 Å². The predicted octanol–water partition coefficient (Wildman–Crippen LogP) is 1.98. The maximum absolute atomic E-state index is 12.0. The van der Waals surface area contributed by atoms with E-state index in [0.29, 0.717) is 18.5 Å². The third kappa shape index (κ3) is 6.98. The molecular formula is C13H25F3N4. The van der Waals surface area contributed by atoms with E-state index in [0.717, 1.165) is 13.1 Å². The van der Waals surface area contributed by atoms with E-state index in [9.17, 15) is 13.2 Å². The van der Waals surface area contributed by atoms with Gasteiger partial charge in [0.15, 0.2) is 5.96 Å². The third-order valence-electron chi connectivity index (χ3n) is 3.56. The van der Waals surface area contributed by atoms with E-state index >= 15 is 0 Å². The molecule has 0 radical (unpaired) electrons. The molecule has 1 unspecified atom stereocenters. The van der Waals surface area contributed by atoms with Crippen molar-refractivity contribution in [1.29, 1.82) is 0 Å². The number of guanidine groups is 1. The lowest BCUT2D eigenvalue weighted by Crippen LogP contribution is -2.45. The van der Waals surface area contributed by atoms with Gasteiger partial charge in [-0.1, -0.05) is 6.42 Å². The zero-order chi connectivity index (χ0) is 15.0. The SMILES string of the molecule is CN=C(NCCN1CCCCC1C)NCCC(F)(F)F. The van der Waals surface area contributed by atoms with Crippen LogP contribution in [0.5, 0.6) is 0 Å². The minimum atomic E-state index is -4.13. The number of rotatable bonds is 5. The van der Waals surface area contributed by atoms with Crippen molar-refractivity contribution in [1.82, 2.24) is 15.5 Å². The third-order valence-corrected chi connectivity index (χ3v) is 3.56. The quantitative estimate of drug-likeness (QED) is 0.601. The number of halogens is 3. The highest BCUT2D eigenvalue weighted by Crippen LogP contribution is 2.18. The molecule has 1 fully saturated rings. The van der Waals surface area contributed by atoms with Gasteiger partial charge in [-0.25, -0.2) is 0 Å². The lowest BCUT2D eigenvalue weighted by molar-refractivity contribution is -0.132. The number of nitrogens with zero attached hydrogens (tertiary/aromatic N) is 2. The number of likely N-dealkylation sites (tertiary alicyclic amines) is 1. The Labute approximate surface area is 118 Å². The fraction of sp³-hybridized carbons (Fsp3) is 0.923. The molecule has 0 aromatic rings. The molecule has 118 valence electrons. The maximum Gasteiger partial charge on any atom is 0.390 e. The second-order valence-electron chi connectivity index (χ2n) is 5.17. The summed E-state index contributed by atoms with van der Waals surface area (Å²) in [5.41, 5.74) is 0. The van der Waals surface area contributed by atoms with Gasteiger partial charge in [-0.05, 0) is 26.3 Å². The smallest absolute Gasteiger partial charge is 0.356 e. The van der Waals surface area contributed by atoms with E-state index in [2.05, 4.69) is 27.4 Å². The van der Waals surface area contributed by atoms with Crippen LogP contribution in [0.1, 0.15) is 32.6 Å². The van der Waals surface area contributed by atoms with Gasteiger partial charge < -0.3 is 10.6 Å². The molecule has 0 aliphatic carbocycles. The zero-order valence-electron chi connectivity index (χ0n) is 12.3. The van der Waals surface area contributed by atoms with Gasteiger partial charge in [-0.15, -0.1) is 0 Å². The highest BCUT2D eigenvalue weighted by atomic mass is 19.4. The Morgan fingerprint density at radius 3 is 2.55 bits per heavy atom. The van der Waals surface area contributed by atoms with E-state index in [1.165, 1.54) is 19.3 Å². The number of hydrogen-bond acceptors (Lipinski definition) is 2. The first kappa shape index (κ1) is 17.1. The molecule has 1 aliphatic rings. The molecule has 1 saturated heterocycles. The van der Waals surface area contributed by atoms with E-state index in [1.807, 2.05) is 0 Å². The Bertz CT molecular complexity index is 304. The average molecular weight is 294 g/mol. The van der Waals surface area contributed by atoms with Crippen LogP contribution >= 0.6 is 0 Å². The van der Waals surface area contributed by atoms with Crippen molar-refractivity contribution >= 4 is 5.96 Å². The fourth-order valence-corrected chi connectivity index (χ4v) is 2.35. The molecule has 0 aromatic heterocycles. The van der Waals surface area contributed by atoms with Crippen molar-refractivity contribution in [2.24, 2.45) is 4.99 Å². The number of nitrogens with one attached hydrogen (secondary N) is 2. The van der Waals surface area contributed by atoms with Crippen molar-refractivity contribution in [3.8, 4) is 0 Å². The first-order chi connectivity index (χ1) is 9.42. The summed E-state index contributed by atoms with van der Waals surface area (Å²) in [6.07, 6.45) is -1.25. The summed E-state index contributed by atoms with van der Waals surface area (Å²) in [7, 11) is 1.56. The predicted molar refractivity (Wildman–Crippen MR) is 74.9 cm³/mol. The number of piperidine rings is 1. The van der Waals surface area contributed by atoms with E-state index < -0.39 is 12.6 Å². The number of hydrogen-bond donors (Lipinski definition) is 2. The van der Waals surface area contributed by atoms with Crippen LogP contribution in [-0.4, -0.2) is 56.3 Å². The van der Waals surface area contributed by atoms with Gasteiger partial charge in [0.1, 0.15) is 0 Å². The van der Waals surface area contributed by atoms with Crippen LogP contribution in [0, 0.1) is 0 Å². The van der Waals surface area contributed by atoms with Crippen LogP contribution in [-0.2, 0) is 0 Å². The van der Waals surface area contributed by atoms with Crippen molar-refractivity contribution in [2.45, 2.75) is 44.8 Å². The van der Waals surface area contributed by atoms with Gasteiger partial charge >= 0.3 is 6.18 Å². The van der Waals surface area contributed by atoms with Crippen molar-refractivity contribution in [3.63, 3.8) is 0 Å². The molecule has 1 aliphatic heterocycles. The van der Waals surface area contributed by atoms with Gasteiger partial charge in [0.25, 0.3) is 0 Å². The second-order valence-corrected chi connectivity index (χ2v) is 5.17. The maximum atomic E-state index is 12.0. The highest BCUT2D eigenvalue weighted by Gasteiger charge is 2.26. The molecule has 0 bridgehead atoms. The molecule has 0 aromatic carbocycles. The standard InChI is InChI=1S/C13H25F3N4/c1-11-5-3-4-9-20(11)10-8-19-12(17-2)18-7-6-13(14,15)16/h11H,3-10H2,1-2H3,(H2,17,18,19). The van der Waals surface area contributed by atoms with Crippen LogP contribution in [0.4, 0.5) is 13.2 Å². The van der Waals surface area contributed by atoms with Crippen molar-refractivity contribution in [2.75, 3.05) is 33.2 Å². The van der Waals surface area contributed by atoms with Gasteiger partial charge in [-0.3, -0.25) is 9.89 Å². The molecule has 1 heterocycles. The summed E-state index contributed by atoms with van der Waals surface area (Å²) in [6.45, 7) is 4.75. The molecule has 0 amide bonds. The highest BCUT2D eigenvalue weighted by molar-refractivity contribution is 5.79. The normalized spacial score (nSPS) is 21.9. The molecule has 2 N–H and O–H groups in total. The average Bonchev–Trinajstić information content (AvgIpc) is 2.37. The topological polar surface area (TPSA) is 39.7 Å². The van der Waals surface area contributed by atoms with Crippen LogP contribution < -0.4 is 10.6 Å². The summed E-state index contributed by atoms with van der Waals surface area (Å²) in [5, 5.41) is 5.73. The van der Waals surface area contributed by atoms with Crippen LogP contribution in [0.15, 0.2) is 4.99 Å². The van der Waals surface area contributed by atoms with E-state index in [-0.39, 0.29) is 6.54 Å². The molecular weight excluding hydrogens is 269 g/mol. The number of alkyl halides is 3. The molecule has 0 spiro atoms. The van der Waals surface area contributed by atoms with E-state index in [4.69, 9.17) is 0 Å². The van der Waals surface area contributed by atoms with Gasteiger partial charge in [0.2, 0.25) is 0 Å². The van der Waals surface area contributed by atoms with E-state index in [1.54, 1.807) is 7.05 Å². The first-order valence-electron chi connectivity index (χ1n) is 7.17. The summed E-state index contributed by atoms with van der Waals surface area (Å²) >= 11 is 0. The fourth-order valence-electron chi connectivity index (χ4n) is 2.35. The molecule has 4 nitrogen and oxygen atoms in total.